The Labute approximate surface area is 116 Å². The topological polar surface area (TPSA) is 49.7 Å². The van der Waals surface area contributed by atoms with E-state index in [1.54, 1.807) is 6.07 Å². The molecule has 3 heteroatoms. The van der Waals surface area contributed by atoms with E-state index < -0.39 is 0 Å². The molecule has 1 rings (SSSR count). The third kappa shape index (κ3) is 4.05. The molecule has 2 N–H and O–H groups in total. The monoisotopic (exact) mass is 266 g/mol. The summed E-state index contributed by atoms with van der Waals surface area (Å²) in [5.41, 5.74) is 2.14. The first kappa shape index (κ1) is 15.7. The van der Waals surface area contributed by atoms with Crippen molar-refractivity contribution in [1.82, 2.24) is 0 Å². The molecule has 19 heavy (non-hydrogen) atoms. The zero-order valence-corrected chi connectivity index (χ0v) is 12.3. The van der Waals surface area contributed by atoms with Crippen LogP contribution in [-0.2, 0) is 12.8 Å². The molecule has 0 saturated carbocycles. The van der Waals surface area contributed by atoms with Crippen molar-refractivity contribution in [1.29, 1.82) is 0 Å². The zero-order chi connectivity index (χ0) is 14.3. The molecule has 0 fully saturated rings. The summed E-state index contributed by atoms with van der Waals surface area (Å²) < 4.78 is 5.72. The average molecular weight is 266 g/mol. The van der Waals surface area contributed by atoms with Crippen LogP contribution in [0.3, 0.4) is 0 Å². The van der Waals surface area contributed by atoms with Gasteiger partial charge in [-0.2, -0.15) is 0 Å². The number of phenolic OH excluding ortho intramolecular Hbond substituents is 2. The summed E-state index contributed by atoms with van der Waals surface area (Å²) in [6, 6.07) is 1.68. The number of aromatic hydroxyl groups is 2. The molecular formula is C16H26O3. The minimum atomic E-state index is -0.112. The van der Waals surface area contributed by atoms with Crippen LogP contribution in [0.25, 0.3) is 0 Å². The molecule has 1 aromatic rings. The second-order valence-corrected chi connectivity index (χ2v) is 4.91. The first-order chi connectivity index (χ1) is 9.15. The number of hydrogen-bond donors (Lipinski definition) is 2. The molecule has 0 radical (unpaired) electrons. The lowest BCUT2D eigenvalue weighted by molar-refractivity contribution is 0.283. The van der Waals surface area contributed by atoms with E-state index in [0.29, 0.717) is 12.4 Å². The van der Waals surface area contributed by atoms with Crippen LogP contribution < -0.4 is 4.74 Å². The molecule has 1 aromatic carbocycles. The maximum Gasteiger partial charge on any atom is 0.200 e. The average Bonchev–Trinajstić information content (AvgIpc) is 2.39. The van der Waals surface area contributed by atoms with E-state index in [2.05, 4.69) is 20.8 Å². The first-order valence-electron chi connectivity index (χ1n) is 7.35. The molecular weight excluding hydrogens is 240 g/mol. The van der Waals surface area contributed by atoms with Crippen molar-refractivity contribution in [2.45, 2.75) is 59.3 Å². The number of unbranched alkanes of at least 4 members (excludes halogenated alkanes) is 1. The molecule has 3 nitrogen and oxygen atoms in total. The SMILES string of the molecule is CCCCOc1c(O)c(O)cc(CCC)c1CCC. The second-order valence-electron chi connectivity index (χ2n) is 4.91. The van der Waals surface area contributed by atoms with Crippen molar-refractivity contribution in [3.8, 4) is 17.2 Å². The van der Waals surface area contributed by atoms with Gasteiger partial charge in [-0.1, -0.05) is 40.0 Å². The van der Waals surface area contributed by atoms with Crippen molar-refractivity contribution >= 4 is 0 Å². The van der Waals surface area contributed by atoms with Crippen molar-refractivity contribution in [2.24, 2.45) is 0 Å². The second kappa shape index (κ2) is 7.93. The van der Waals surface area contributed by atoms with Crippen LogP contribution in [0, 0.1) is 0 Å². The van der Waals surface area contributed by atoms with Gasteiger partial charge in [0.15, 0.2) is 11.5 Å². The molecule has 0 aromatic heterocycles. The molecule has 0 heterocycles. The van der Waals surface area contributed by atoms with Gasteiger partial charge in [0.25, 0.3) is 0 Å². The van der Waals surface area contributed by atoms with Crippen LogP contribution in [0.5, 0.6) is 17.2 Å². The Bertz CT molecular complexity index is 399. The van der Waals surface area contributed by atoms with E-state index in [0.717, 1.165) is 49.7 Å². The Morgan fingerprint density at radius 3 is 2.26 bits per heavy atom. The highest BCUT2D eigenvalue weighted by atomic mass is 16.5. The predicted molar refractivity (Wildman–Crippen MR) is 78.2 cm³/mol. The van der Waals surface area contributed by atoms with Gasteiger partial charge in [-0.05, 0) is 30.9 Å². The van der Waals surface area contributed by atoms with Crippen molar-refractivity contribution < 1.29 is 14.9 Å². The number of benzene rings is 1. The van der Waals surface area contributed by atoms with Crippen LogP contribution in [-0.4, -0.2) is 16.8 Å². The molecule has 0 aliphatic carbocycles. The third-order valence-electron chi connectivity index (χ3n) is 3.19. The van der Waals surface area contributed by atoms with E-state index in [1.807, 2.05) is 0 Å². The summed E-state index contributed by atoms with van der Waals surface area (Å²) in [6.07, 6.45) is 5.76. The largest absolute Gasteiger partial charge is 0.504 e. The molecule has 0 saturated heterocycles. The van der Waals surface area contributed by atoms with Gasteiger partial charge in [-0.3, -0.25) is 0 Å². The van der Waals surface area contributed by atoms with Crippen LogP contribution in [0.4, 0.5) is 0 Å². The van der Waals surface area contributed by atoms with E-state index in [1.165, 1.54) is 0 Å². The molecule has 0 aliphatic rings. The molecule has 0 bridgehead atoms. The number of hydrogen-bond acceptors (Lipinski definition) is 3. The summed E-state index contributed by atoms with van der Waals surface area (Å²) in [5, 5.41) is 19.8. The standard InChI is InChI=1S/C16H26O3/c1-4-7-10-19-16-13(9-6-3)12(8-5-2)11-14(17)15(16)18/h11,17-18H,4-10H2,1-3H3. The lowest BCUT2D eigenvalue weighted by Gasteiger charge is -2.17. The number of ether oxygens (including phenoxy) is 1. The Kier molecular flexibility index (Phi) is 6.54. The highest BCUT2D eigenvalue weighted by Crippen LogP contribution is 2.41. The van der Waals surface area contributed by atoms with Gasteiger partial charge in [-0.15, -0.1) is 0 Å². The fourth-order valence-electron chi connectivity index (χ4n) is 2.22. The van der Waals surface area contributed by atoms with E-state index >= 15 is 0 Å². The quantitative estimate of drug-likeness (QED) is 0.548. The van der Waals surface area contributed by atoms with Crippen LogP contribution >= 0.6 is 0 Å². The summed E-state index contributed by atoms with van der Waals surface area (Å²) in [7, 11) is 0. The number of aryl methyl sites for hydroxylation is 1. The molecule has 0 unspecified atom stereocenters. The number of rotatable bonds is 8. The lowest BCUT2D eigenvalue weighted by atomic mass is 9.97. The van der Waals surface area contributed by atoms with Gasteiger partial charge in [0.1, 0.15) is 0 Å². The highest BCUT2D eigenvalue weighted by molar-refractivity contribution is 5.57. The predicted octanol–water partition coefficient (Wildman–Crippen LogP) is 4.18. The first-order valence-corrected chi connectivity index (χ1v) is 7.35. The maximum atomic E-state index is 10.0. The molecule has 0 spiro atoms. The minimum absolute atomic E-state index is 0.0743. The summed E-state index contributed by atoms with van der Waals surface area (Å²) >= 11 is 0. The molecule has 0 aliphatic heterocycles. The zero-order valence-electron chi connectivity index (χ0n) is 12.3. The minimum Gasteiger partial charge on any atom is -0.504 e. The fraction of sp³-hybridized carbons (Fsp3) is 0.625. The summed E-state index contributed by atoms with van der Waals surface area (Å²) in [5.74, 6) is 0.299. The van der Waals surface area contributed by atoms with E-state index in [-0.39, 0.29) is 11.5 Å². The van der Waals surface area contributed by atoms with Gasteiger partial charge in [0.05, 0.1) is 6.61 Å². The van der Waals surface area contributed by atoms with Gasteiger partial charge in [0.2, 0.25) is 5.75 Å². The van der Waals surface area contributed by atoms with Gasteiger partial charge in [0, 0.05) is 5.56 Å². The van der Waals surface area contributed by atoms with Crippen molar-refractivity contribution in [3.63, 3.8) is 0 Å². The van der Waals surface area contributed by atoms with Crippen LogP contribution in [0.2, 0.25) is 0 Å². The molecule has 108 valence electrons. The highest BCUT2D eigenvalue weighted by Gasteiger charge is 2.17. The normalized spacial score (nSPS) is 10.7. The third-order valence-corrected chi connectivity index (χ3v) is 3.19. The van der Waals surface area contributed by atoms with Gasteiger partial charge in [-0.25, -0.2) is 0 Å². The van der Waals surface area contributed by atoms with Gasteiger partial charge < -0.3 is 14.9 Å². The van der Waals surface area contributed by atoms with Gasteiger partial charge >= 0.3 is 0 Å². The van der Waals surface area contributed by atoms with Crippen LogP contribution in [0.15, 0.2) is 6.07 Å². The smallest absolute Gasteiger partial charge is 0.200 e. The van der Waals surface area contributed by atoms with Crippen LogP contribution in [0.1, 0.15) is 57.6 Å². The Morgan fingerprint density at radius 1 is 1.00 bits per heavy atom. The van der Waals surface area contributed by atoms with E-state index in [4.69, 9.17) is 4.74 Å². The molecule has 0 atom stereocenters. The van der Waals surface area contributed by atoms with Crippen molar-refractivity contribution in [2.75, 3.05) is 6.61 Å². The Morgan fingerprint density at radius 2 is 1.68 bits per heavy atom. The maximum absolute atomic E-state index is 10.0. The Hall–Kier alpha value is -1.38. The molecule has 0 amide bonds. The fourth-order valence-corrected chi connectivity index (χ4v) is 2.22. The number of phenols is 2. The van der Waals surface area contributed by atoms with E-state index in [9.17, 15) is 10.2 Å². The summed E-state index contributed by atoms with van der Waals surface area (Å²) in [6.45, 7) is 6.89. The lowest BCUT2D eigenvalue weighted by Crippen LogP contribution is -2.04. The Balaban J connectivity index is 3.13. The van der Waals surface area contributed by atoms with Crippen molar-refractivity contribution in [3.05, 3.63) is 17.2 Å². The summed E-state index contributed by atoms with van der Waals surface area (Å²) in [4.78, 5) is 0.